The van der Waals surface area contributed by atoms with Crippen LogP contribution >= 0.6 is 15.9 Å². The summed E-state index contributed by atoms with van der Waals surface area (Å²) in [5, 5.41) is 3.32. The lowest BCUT2D eigenvalue weighted by Gasteiger charge is -2.18. The molecule has 1 atom stereocenters. The Labute approximate surface area is 116 Å². The molecule has 1 rings (SSSR count). The van der Waals surface area contributed by atoms with Crippen LogP contribution in [0, 0.1) is 5.82 Å². The van der Waals surface area contributed by atoms with Gasteiger partial charge < -0.3 is 10.1 Å². The maximum absolute atomic E-state index is 13.3. The maximum Gasteiger partial charge on any atom is 0.124 e. The molecule has 1 N–H and O–H groups in total. The van der Waals surface area contributed by atoms with Crippen molar-refractivity contribution >= 4 is 15.9 Å². The number of nitrogens with one attached hydrogen (secondary N) is 1. The molecular formula is C14H19BrFNO. The Balaban J connectivity index is 2.84. The van der Waals surface area contributed by atoms with Gasteiger partial charge in [0.25, 0.3) is 0 Å². The zero-order valence-corrected chi connectivity index (χ0v) is 12.4. The molecule has 0 saturated carbocycles. The van der Waals surface area contributed by atoms with Crippen LogP contribution in [0.3, 0.4) is 0 Å². The number of rotatable bonds is 7. The van der Waals surface area contributed by atoms with Crippen molar-refractivity contribution in [1.29, 1.82) is 0 Å². The van der Waals surface area contributed by atoms with Gasteiger partial charge in [-0.25, -0.2) is 4.39 Å². The quantitative estimate of drug-likeness (QED) is 0.815. The minimum atomic E-state index is -0.250. The predicted octanol–water partition coefficient (Wildman–Crippen LogP) is 4.17. The Morgan fingerprint density at radius 2 is 2.28 bits per heavy atom. The van der Waals surface area contributed by atoms with Gasteiger partial charge in [0.1, 0.15) is 18.2 Å². The third kappa shape index (κ3) is 4.78. The van der Waals surface area contributed by atoms with Crippen LogP contribution < -0.4 is 10.1 Å². The van der Waals surface area contributed by atoms with Gasteiger partial charge in [-0.15, -0.1) is 0 Å². The fourth-order valence-corrected chi connectivity index (χ4v) is 1.73. The maximum atomic E-state index is 13.3. The fourth-order valence-electron chi connectivity index (χ4n) is 1.62. The van der Waals surface area contributed by atoms with E-state index in [4.69, 9.17) is 4.74 Å². The van der Waals surface area contributed by atoms with E-state index in [0.29, 0.717) is 12.4 Å². The Morgan fingerprint density at radius 1 is 1.56 bits per heavy atom. The number of halogens is 2. The van der Waals surface area contributed by atoms with E-state index in [2.05, 4.69) is 34.7 Å². The van der Waals surface area contributed by atoms with Gasteiger partial charge in [-0.1, -0.05) is 29.4 Å². The minimum Gasteiger partial charge on any atom is -0.488 e. The van der Waals surface area contributed by atoms with Crippen molar-refractivity contribution in [2.24, 2.45) is 0 Å². The van der Waals surface area contributed by atoms with E-state index in [9.17, 15) is 4.39 Å². The van der Waals surface area contributed by atoms with Crippen LogP contribution in [0.25, 0.3) is 0 Å². The first-order valence-corrected chi connectivity index (χ1v) is 6.82. The monoisotopic (exact) mass is 315 g/mol. The normalized spacial score (nSPS) is 12.2. The molecule has 1 aromatic carbocycles. The van der Waals surface area contributed by atoms with Crippen molar-refractivity contribution in [1.82, 2.24) is 5.32 Å². The van der Waals surface area contributed by atoms with Crippen molar-refractivity contribution < 1.29 is 9.13 Å². The summed E-state index contributed by atoms with van der Waals surface area (Å²) < 4.78 is 19.7. The summed E-state index contributed by atoms with van der Waals surface area (Å²) in [5.41, 5.74) is 0.831. The molecule has 0 amide bonds. The number of benzene rings is 1. The minimum absolute atomic E-state index is 0.0549. The average molecular weight is 316 g/mol. The van der Waals surface area contributed by atoms with Gasteiger partial charge in [0, 0.05) is 16.1 Å². The molecule has 1 aromatic rings. The van der Waals surface area contributed by atoms with E-state index >= 15 is 0 Å². The van der Waals surface area contributed by atoms with Crippen LogP contribution in [-0.4, -0.2) is 13.2 Å². The van der Waals surface area contributed by atoms with Crippen LogP contribution in [0.5, 0.6) is 5.75 Å². The Bertz CT molecular complexity index is 409. The SMILES string of the molecule is C=C(Br)COc1ccc(F)cc1C(C)NCCC. The average Bonchev–Trinajstić information content (AvgIpc) is 2.34. The topological polar surface area (TPSA) is 21.3 Å². The van der Waals surface area contributed by atoms with Gasteiger partial charge in [0.05, 0.1) is 0 Å². The summed E-state index contributed by atoms with van der Waals surface area (Å²) in [7, 11) is 0. The molecule has 0 aromatic heterocycles. The Hall–Kier alpha value is -0.870. The molecule has 1 unspecified atom stereocenters. The lowest BCUT2D eigenvalue weighted by atomic mass is 10.1. The summed E-state index contributed by atoms with van der Waals surface area (Å²) >= 11 is 3.24. The van der Waals surface area contributed by atoms with Gasteiger partial charge in [-0.2, -0.15) is 0 Å². The van der Waals surface area contributed by atoms with Crippen LogP contribution in [-0.2, 0) is 0 Å². The summed E-state index contributed by atoms with van der Waals surface area (Å²) in [4.78, 5) is 0. The third-order valence-electron chi connectivity index (χ3n) is 2.52. The van der Waals surface area contributed by atoms with Gasteiger partial charge in [-0.3, -0.25) is 0 Å². The second-order valence-corrected chi connectivity index (χ2v) is 5.29. The second-order valence-electron chi connectivity index (χ2n) is 4.16. The van der Waals surface area contributed by atoms with Crippen LogP contribution in [0.4, 0.5) is 4.39 Å². The van der Waals surface area contributed by atoms with Gasteiger partial charge in [0.2, 0.25) is 0 Å². The van der Waals surface area contributed by atoms with Crippen LogP contribution in [0.2, 0.25) is 0 Å². The Kier molecular flexibility index (Phi) is 6.36. The number of hydrogen-bond donors (Lipinski definition) is 1. The van der Waals surface area contributed by atoms with Crippen LogP contribution in [0.15, 0.2) is 29.3 Å². The van der Waals surface area contributed by atoms with E-state index in [0.717, 1.165) is 23.0 Å². The summed E-state index contributed by atoms with van der Waals surface area (Å²) in [6.45, 7) is 9.07. The molecule has 0 spiro atoms. The molecule has 2 nitrogen and oxygen atoms in total. The van der Waals surface area contributed by atoms with Gasteiger partial charge >= 0.3 is 0 Å². The molecule has 0 bridgehead atoms. The molecule has 0 heterocycles. The predicted molar refractivity (Wildman–Crippen MR) is 76.7 cm³/mol. The summed E-state index contributed by atoms with van der Waals surface area (Å²) in [6, 6.07) is 4.63. The molecule has 0 saturated heterocycles. The smallest absolute Gasteiger partial charge is 0.124 e. The fraction of sp³-hybridized carbons (Fsp3) is 0.429. The van der Waals surface area contributed by atoms with E-state index in [1.165, 1.54) is 12.1 Å². The highest BCUT2D eigenvalue weighted by molar-refractivity contribution is 9.11. The largest absolute Gasteiger partial charge is 0.488 e. The Morgan fingerprint density at radius 3 is 2.89 bits per heavy atom. The first-order chi connectivity index (χ1) is 8.54. The van der Waals surface area contributed by atoms with Crippen molar-refractivity contribution in [2.45, 2.75) is 26.3 Å². The first kappa shape index (κ1) is 15.2. The molecule has 100 valence electrons. The van der Waals surface area contributed by atoms with Crippen LogP contribution in [0.1, 0.15) is 31.9 Å². The zero-order valence-electron chi connectivity index (χ0n) is 10.8. The molecule has 0 fully saturated rings. The van der Waals surface area contributed by atoms with E-state index < -0.39 is 0 Å². The summed E-state index contributed by atoms with van der Waals surface area (Å²) in [5.74, 6) is 0.438. The van der Waals surface area contributed by atoms with Crippen molar-refractivity contribution in [3.8, 4) is 5.75 Å². The molecule has 0 aliphatic carbocycles. The molecule has 4 heteroatoms. The lowest BCUT2D eigenvalue weighted by Crippen LogP contribution is -2.20. The summed E-state index contributed by atoms with van der Waals surface area (Å²) in [6.07, 6.45) is 1.04. The van der Waals surface area contributed by atoms with E-state index in [1.54, 1.807) is 6.07 Å². The highest BCUT2D eigenvalue weighted by atomic mass is 79.9. The zero-order chi connectivity index (χ0) is 13.5. The lowest BCUT2D eigenvalue weighted by molar-refractivity contribution is 0.351. The van der Waals surface area contributed by atoms with Crippen molar-refractivity contribution in [2.75, 3.05) is 13.2 Å². The van der Waals surface area contributed by atoms with Gasteiger partial charge in [-0.05, 0) is 38.1 Å². The molecule has 18 heavy (non-hydrogen) atoms. The second kappa shape index (κ2) is 7.54. The highest BCUT2D eigenvalue weighted by Gasteiger charge is 2.12. The van der Waals surface area contributed by atoms with E-state index in [1.807, 2.05) is 6.92 Å². The molecule has 0 aliphatic heterocycles. The molecule has 0 aliphatic rings. The van der Waals surface area contributed by atoms with Crippen molar-refractivity contribution in [3.05, 3.63) is 40.6 Å². The van der Waals surface area contributed by atoms with E-state index in [-0.39, 0.29) is 11.9 Å². The highest BCUT2D eigenvalue weighted by Crippen LogP contribution is 2.26. The number of ether oxygens (including phenoxy) is 1. The van der Waals surface area contributed by atoms with Crippen molar-refractivity contribution in [3.63, 3.8) is 0 Å². The number of hydrogen-bond acceptors (Lipinski definition) is 2. The molecular weight excluding hydrogens is 297 g/mol. The molecule has 0 radical (unpaired) electrons. The standard InChI is InChI=1S/C14H19BrFNO/c1-4-7-17-11(3)13-8-12(16)5-6-14(13)18-9-10(2)15/h5-6,8,11,17H,2,4,7,9H2,1,3H3. The van der Waals surface area contributed by atoms with Gasteiger partial charge in [0.15, 0.2) is 0 Å². The third-order valence-corrected chi connectivity index (χ3v) is 2.75. The first-order valence-electron chi connectivity index (χ1n) is 6.03.